The van der Waals surface area contributed by atoms with Crippen molar-refractivity contribution in [2.24, 2.45) is 23.7 Å². The standard InChI is InChI=1S/C26H28NO4PS/c1-30-25(23-18-9-15-8-16(11-18)12-19(23)10-15)20-13-21(31-32(2,28)29)24-22(14-20)33-26(27-24)17-6-4-3-5-7-17/h3-7,13-16,18-19H,8-12H2,1-2H3,(H,28,29). The minimum Gasteiger partial charge on any atom is -0.496 e. The van der Waals surface area contributed by atoms with Gasteiger partial charge < -0.3 is 14.2 Å². The quantitative estimate of drug-likeness (QED) is 0.315. The molecule has 4 aliphatic carbocycles. The highest BCUT2D eigenvalue weighted by Gasteiger charge is 2.46. The number of rotatable bonds is 5. The molecular formula is C26H28NO4PS. The van der Waals surface area contributed by atoms with Gasteiger partial charge in [-0.25, -0.2) is 9.55 Å². The number of ether oxygens (including phenoxy) is 1. The number of hydrogen-bond donors (Lipinski definition) is 1. The summed E-state index contributed by atoms with van der Waals surface area (Å²) in [6, 6.07) is 13.9. The summed E-state index contributed by atoms with van der Waals surface area (Å²) in [7, 11) is -2.01. The zero-order valence-electron chi connectivity index (χ0n) is 18.9. The third kappa shape index (κ3) is 3.92. The van der Waals surface area contributed by atoms with Crippen molar-refractivity contribution in [1.29, 1.82) is 0 Å². The van der Waals surface area contributed by atoms with Crippen LogP contribution in [-0.4, -0.2) is 23.7 Å². The first-order valence-electron chi connectivity index (χ1n) is 11.7. The summed E-state index contributed by atoms with van der Waals surface area (Å²) < 4.78 is 24.8. The fraction of sp³-hybridized carbons (Fsp3) is 0.423. The highest BCUT2D eigenvalue weighted by molar-refractivity contribution is 7.52. The zero-order valence-corrected chi connectivity index (χ0v) is 20.6. The lowest BCUT2D eigenvalue weighted by atomic mass is 9.54. The summed E-state index contributed by atoms with van der Waals surface area (Å²) in [5.41, 5.74) is 4.00. The lowest BCUT2D eigenvalue weighted by Gasteiger charge is -2.51. The molecule has 4 saturated carbocycles. The Kier molecular flexibility index (Phi) is 5.17. The number of methoxy groups -OCH3 is 1. The second-order valence-electron chi connectivity index (χ2n) is 9.89. The zero-order chi connectivity index (χ0) is 22.7. The van der Waals surface area contributed by atoms with Crippen LogP contribution in [0.25, 0.3) is 26.5 Å². The summed E-state index contributed by atoms with van der Waals surface area (Å²) in [6.45, 7) is 1.21. The van der Waals surface area contributed by atoms with E-state index in [0.717, 1.165) is 38.4 Å². The van der Waals surface area contributed by atoms with Gasteiger partial charge in [0.05, 0.1) is 11.8 Å². The molecule has 0 radical (unpaired) electrons. The fourth-order valence-electron chi connectivity index (χ4n) is 6.55. The van der Waals surface area contributed by atoms with Crippen LogP contribution in [0, 0.1) is 23.7 Å². The summed E-state index contributed by atoms with van der Waals surface area (Å²) >= 11 is 1.57. The number of benzene rings is 2. The molecule has 1 N–H and O–H groups in total. The van der Waals surface area contributed by atoms with Gasteiger partial charge in [-0.1, -0.05) is 30.3 Å². The Hall–Kier alpha value is -2.14. The van der Waals surface area contributed by atoms with E-state index in [4.69, 9.17) is 14.2 Å². The lowest BCUT2D eigenvalue weighted by Crippen LogP contribution is -2.40. The number of allylic oxidation sites excluding steroid dienone is 1. The molecule has 1 aromatic heterocycles. The molecule has 7 heteroatoms. The van der Waals surface area contributed by atoms with Gasteiger partial charge in [-0.3, -0.25) is 0 Å². The molecule has 7 rings (SSSR count). The van der Waals surface area contributed by atoms with E-state index in [2.05, 4.69) is 6.07 Å². The van der Waals surface area contributed by atoms with Crippen LogP contribution >= 0.6 is 18.9 Å². The van der Waals surface area contributed by atoms with E-state index >= 15 is 0 Å². The minimum absolute atomic E-state index is 0.341. The maximum atomic E-state index is 12.2. The van der Waals surface area contributed by atoms with Crippen molar-refractivity contribution in [1.82, 2.24) is 4.98 Å². The van der Waals surface area contributed by atoms with Crippen LogP contribution in [0.15, 0.2) is 48.0 Å². The van der Waals surface area contributed by atoms with Crippen molar-refractivity contribution in [3.63, 3.8) is 0 Å². The predicted molar refractivity (Wildman–Crippen MR) is 132 cm³/mol. The van der Waals surface area contributed by atoms with E-state index in [0.29, 0.717) is 23.1 Å². The third-order valence-electron chi connectivity index (χ3n) is 7.49. The van der Waals surface area contributed by atoms with Crippen LogP contribution in [0.1, 0.15) is 37.7 Å². The van der Waals surface area contributed by atoms with Crippen LogP contribution in [-0.2, 0) is 9.30 Å². The smallest absolute Gasteiger partial charge is 0.373 e. The van der Waals surface area contributed by atoms with Crippen molar-refractivity contribution < 1.29 is 18.7 Å². The number of fused-ring (bicyclic) bond motifs is 1. The van der Waals surface area contributed by atoms with Gasteiger partial charge in [0.15, 0.2) is 5.75 Å². The molecule has 172 valence electrons. The van der Waals surface area contributed by atoms with E-state index in [9.17, 15) is 9.46 Å². The molecule has 0 saturated heterocycles. The molecule has 0 amide bonds. The Bertz CT molecular complexity index is 1260. The van der Waals surface area contributed by atoms with E-state index < -0.39 is 7.60 Å². The van der Waals surface area contributed by atoms with Gasteiger partial charge in [-0.05, 0) is 73.5 Å². The average Bonchev–Trinajstić information content (AvgIpc) is 3.20. The Morgan fingerprint density at radius 2 is 1.73 bits per heavy atom. The normalized spacial score (nSPS) is 27.5. The van der Waals surface area contributed by atoms with E-state index in [1.54, 1.807) is 18.4 Å². The van der Waals surface area contributed by atoms with Crippen LogP contribution in [0.2, 0.25) is 0 Å². The van der Waals surface area contributed by atoms with Gasteiger partial charge in [0, 0.05) is 17.8 Å². The minimum atomic E-state index is -3.76. The Morgan fingerprint density at radius 3 is 2.33 bits per heavy atom. The molecule has 2 aromatic carbocycles. The molecule has 4 fully saturated rings. The second-order valence-corrected chi connectivity index (χ2v) is 12.7. The lowest BCUT2D eigenvalue weighted by molar-refractivity contribution is 0.0675. The Labute approximate surface area is 198 Å². The van der Waals surface area contributed by atoms with Crippen LogP contribution < -0.4 is 4.52 Å². The second kappa shape index (κ2) is 7.97. The van der Waals surface area contributed by atoms with Crippen molar-refractivity contribution >= 4 is 34.9 Å². The number of thiazole rings is 1. The topological polar surface area (TPSA) is 68.7 Å². The SMILES string of the molecule is COC(=C1C2CC3CC(C2)CC1C3)c1cc(OP(C)(=O)O)c2nc(-c3ccccc3)sc2c1. The molecule has 1 atom stereocenters. The summed E-state index contributed by atoms with van der Waals surface area (Å²) in [5.74, 6) is 4.18. The van der Waals surface area contributed by atoms with E-state index in [-0.39, 0.29) is 0 Å². The molecule has 0 spiro atoms. The van der Waals surface area contributed by atoms with Gasteiger partial charge in [0.2, 0.25) is 0 Å². The number of hydrogen-bond acceptors (Lipinski definition) is 5. The summed E-state index contributed by atoms with van der Waals surface area (Å²) in [5, 5.41) is 0.859. The maximum absolute atomic E-state index is 12.2. The van der Waals surface area contributed by atoms with Crippen LogP contribution in [0.4, 0.5) is 0 Å². The highest BCUT2D eigenvalue weighted by Crippen LogP contribution is 2.58. The highest BCUT2D eigenvalue weighted by atomic mass is 32.1. The molecule has 4 bridgehead atoms. The Balaban J connectivity index is 1.51. The molecular weight excluding hydrogens is 453 g/mol. The first-order chi connectivity index (χ1) is 15.9. The fourth-order valence-corrected chi connectivity index (χ4v) is 8.08. The predicted octanol–water partition coefficient (Wildman–Crippen LogP) is 6.97. The van der Waals surface area contributed by atoms with Gasteiger partial charge in [0.1, 0.15) is 16.3 Å². The van der Waals surface area contributed by atoms with Gasteiger partial charge in [-0.15, -0.1) is 11.3 Å². The van der Waals surface area contributed by atoms with E-state index in [1.807, 2.05) is 36.4 Å². The average molecular weight is 482 g/mol. The van der Waals surface area contributed by atoms with Gasteiger partial charge >= 0.3 is 7.60 Å². The number of aromatic nitrogens is 1. The van der Waals surface area contributed by atoms with Crippen molar-refractivity contribution in [2.75, 3.05) is 13.8 Å². The molecule has 4 aliphatic rings. The molecule has 0 aliphatic heterocycles. The van der Waals surface area contributed by atoms with Gasteiger partial charge in [-0.2, -0.15) is 0 Å². The maximum Gasteiger partial charge on any atom is 0.373 e. The molecule has 1 unspecified atom stereocenters. The van der Waals surface area contributed by atoms with Crippen molar-refractivity contribution in [3.8, 4) is 16.3 Å². The number of nitrogens with zero attached hydrogens (tertiary/aromatic N) is 1. The largest absolute Gasteiger partial charge is 0.496 e. The monoisotopic (exact) mass is 481 g/mol. The van der Waals surface area contributed by atoms with Crippen LogP contribution in [0.3, 0.4) is 0 Å². The van der Waals surface area contributed by atoms with E-state index in [1.165, 1.54) is 44.3 Å². The first-order valence-corrected chi connectivity index (χ1v) is 14.5. The molecule has 3 aromatic rings. The summed E-state index contributed by atoms with van der Waals surface area (Å²) in [4.78, 5) is 14.8. The Morgan fingerprint density at radius 1 is 1.06 bits per heavy atom. The molecule has 33 heavy (non-hydrogen) atoms. The first kappa shape index (κ1) is 21.4. The van der Waals surface area contributed by atoms with Crippen LogP contribution in [0.5, 0.6) is 5.75 Å². The van der Waals surface area contributed by atoms with Gasteiger partial charge in [0.25, 0.3) is 0 Å². The van der Waals surface area contributed by atoms with Crippen molar-refractivity contribution in [3.05, 3.63) is 53.6 Å². The molecule has 1 heterocycles. The molecule has 5 nitrogen and oxygen atoms in total. The van der Waals surface area contributed by atoms with Crippen molar-refractivity contribution in [2.45, 2.75) is 32.1 Å². The summed E-state index contributed by atoms with van der Waals surface area (Å²) in [6.07, 6.45) is 6.46. The third-order valence-corrected chi connectivity index (χ3v) is 9.08.